The third kappa shape index (κ3) is 0.987. The smallest absolute Gasteiger partial charge is 0.189 e. The second-order valence-electron chi connectivity index (χ2n) is 2.51. The van der Waals surface area contributed by atoms with Crippen LogP contribution in [0, 0.1) is 0 Å². The van der Waals surface area contributed by atoms with E-state index in [4.69, 9.17) is 5.73 Å². The zero-order chi connectivity index (χ0) is 8.55. The van der Waals surface area contributed by atoms with Gasteiger partial charge in [0.1, 0.15) is 0 Å². The van der Waals surface area contributed by atoms with Crippen molar-refractivity contribution in [1.29, 1.82) is 0 Å². The van der Waals surface area contributed by atoms with Crippen LogP contribution in [0.4, 0.5) is 5.69 Å². The Labute approximate surface area is 73.6 Å². The molecule has 2 N–H and O–H groups in total. The third-order valence-electron chi connectivity index (χ3n) is 1.72. The van der Waals surface area contributed by atoms with Gasteiger partial charge in [0.2, 0.25) is 0 Å². The van der Waals surface area contributed by atoms with Gasteiger partial charge in [0.05, 0.1) is 5.56 Å². The molecule has 0 atom stereocenters. The highest BCUT2D eigenvalue weighted by Crippen LogP contribution is 2.27. The Morgan fingerprint density at radius 3 is 2.83 bits per heavy atom. The lowest BCUT2D eigenvalue weighted by atomic mass is 10.1. The molecule has 1 aliphatic carbocycles. The molecule has 2 nitrogen and oxygen atoms in total. The molecule has 0 saturated heterocycles. The van der Waals surface area contributed by atoms with E-state index in [2.05, 4.69) is 0 Å². The number of nitrogens with two attached hydrogens (primary N) is 1. The Hall–Kier alpha value is -1.35. The highest BCUT2D eigenvalue weighted by Gasteiger charge is 2.07. The Morgan fingerprint density at radius 1 is 1.25 bits per heavy atom. The molecule has 0 aromatic carbocycles. The number of nitrogen functional groups attached to an aromatic ring is 1. The molecule has 1 aliphatic heterocycles. The standard InChI is InChI=1S/C9H7NOS/c10-6-4-5-12-8-3-1-2-7(11)9(6)8/h1-5H,10H2. The topological polar surface area (TPSA) is 43.1 Å². The Kier molecular flexibility index (Phi) is 1.59. The number of fused-ring (bicyclic) bond motifs is 1. The van der Waals surface area contributed by atoms with Gasteiger partial charge in [0.15, 0.2) is 5.43 Å². The molecule has 3 heteroatoms. The quantitative estimate of drug-likeness (QED) is 0.666. The Balaban J connectivity index is 2.94. The van der Waals surface area contributed by atoms with Gasteiger partial charge < -0.3 is 5.73 Å². The summed E-state index contributed by atoms with van der Waals surface area (Å²) < 4.78 is 0. The van der Waals surface area contributed by atoms with Crippen LogP contribution >= 0.6 is 11.3 Å². The molecule has 0 fully saturated rings. The Bertz CT molecular complexity index is 435. The van der Waals surface area contributed by atoms with Crippen molar-refractivity contribution in [3.63, 3.8) is 0 Å². The van der Waals surface area contributed by atoms with Crippen LogP contribution in [0.5, 0.6) is 0 Å². The zero-order valence-corrected chi connectivity index (χ0v) is 7.10. The zero-order valence-electron chi connectivity index (χ0n) is 6.28. The molecule has 0 aromatic heterocycles. The summed E-state index contributed by atoms with van der Waals surface area (Å²) in [6.45, 7) is 0. The average molecular weight is 177 g/mol. The van der Waals surface area contributed by atoms with Crippen molar-refractivity contribution in [2.75, 3.05) is 5.73 Å². The molecule has 2 aliphatic rings. The minimum absolute atomic E-state index is 0.00171. The lowest BCUT2D eigenvalue weighted by Gasteiger charge is -2.03. The van der Waals surface area contributed by atoms with E-state index in [0.29, 0.717) is 11.3 Å². The first-order chi connectivity index (χ1) is 5.79. The van der Waals surface area contributed by atoms with Crippen LogP contribution in [-0.2, 0) is 0 Å². The molecular weight excluding hydrogens is 170 g/mol. The average Bonchev–Trinajstić information content (AvgIpc) is 2.04. The summed E-state index contributed by atoms with van der Waals surface area (Å²) in [5.41, 5.74) is 6.87. The SMILES string of the molecule is Nc1ccsc2cccc(=O)c1-2. The molecular formula is C9H7NOS. The summed E-state index contributed by atoms with van der Waals surface area (Å²) >= 11 is 1.53. The van der Waals surface area contributed by atoms with Gasteiger partial charge in [0, 0.05) is 10.6 Å². The number of hydrogen-bond acceptors (Lipinski definition) is 3. The van der Waals surface area contributed by atoms with Gasteiger partial charge in [-0.05, 0) is 23.6 Å². The fourth-order valence-corrected chi connectivity index (χ4v) is 2.01. The van der Waals surface area contributed by atoms with Gasteiger partial charge in [-0.2, -0.15) is 0 Å². The van der Waals surface area contributed by atoms with Crippen LogP contribution in [0.3, 0.4) is 0 Å². The number of benzene rings is 1. The van der Waals surface area contributed by atoms with Gasteiger partial charge in [-0.15, -0.1) is 11.3 Å². The molecule has 1 heterocycles. The fraction of sp³-hybridized carbons (Fsp3) is 0. The van der Waals surface area contributed by atoms with Crippen LogP contribution in [0.25, 0.3) is 10.4 Å². The summed E-state index contributed by atoms with van der Waals surface area (Å²) in [5.74, 6) is 0. The van der Waals surface area contributed by atoms with E-state index in [1.54, 1.807) is 12.1 Å². The first kappa shape index (κ1) is 7.31. The van der Waals surface area contributed by atoms with E-state index in [1.165, 1.54) is 17.4 Å². The molecule has 0 spiro atoms. The number of rotatable bonds is 0. The van der Waals surface area contributed by atoms with Gasteiger partial charge >= 0.3 is 0 Å². The van der Waals surface area contributed by atoms with Crippen molar-refractivity contribution >= 4 is 17.0 Å². The van der Waals surface area contributed by atoms with Crippen molar-refractivity contribution in [1.82, 2.24) is 0 Å². The lowest BCUT2D eigenvalue weighted by Crippen LogP contribution is -2.05. The lowest BCUT2D eigenvalue weighted by molar-refractivity contribution is 1.58. The minimum atomic E-state index is 0.00171. The van der Waals surface area contributed by atoms with Crippen LogP contribution in [-0.4, -0.2) is 0 Å². The summed E-state index contributed by atoms with van der Waals surface area (Å²) in [5, 5.41) is 1.89. The molecule has 0 amide bonds. The maximum absolute atomic E-state index is 11.3. The maximum atomic E-state index is 11.3. The highest BCUT2D eigenvalue weighted by atomic mass is 32.1. The van der Waals surface area contributed by atoms with E-state index < -0.39 is 0 Å². The van der Waals surface area contributed by atoms with E-state index in [9.17, 15) is 4.79 Å². The summed E-state index contributed by atoms with van der Waals surface area (Å²) in [6, 6.07) is 6.94. The first-order valence-electron chi connectivity index (χ1n) is 3.55. The molecule has 0 saturated carbocycles. The molecule has 0 bridgehead atoms. The Morgan fingerprint density at radius 2 is 2.08 bits per heavy atom. The van der Waals surface area contributed by atoms with Gasteiger partial charge in [-0.3, -0.25) is 4.79 Å². The first-order valence-corrected chi connectivity index (χ1v) is 4.43. The minimum Gasteiger partial charge on any atom is -0.398 e. The van der Waals surface area contributed by atoms with E-state index in [1.807, 2.05) is 11.4 Å². The largest absolute Gasteiger partial charge is 0.398 e. The van der Waals surface area contributed by atoms with Crippen LogP contribution < -0.4 is 11.2 Å². The van der Waals surface area contributed by atoms with Gasteiger partial charge in [-0.25, -0.2) is 0 Å². The fourth-order valence-electron chi connectivity index (χ4n) is 1.16. The predicted octanol–water partition coefficient (Wildman–Crippen LogP) is 1.80. The van der Waals surface area contributed by atoms with Crippen LogP contribution in [0.1, 0.15) is 0 Å². The molecule has 0 radical (unpaired) electrons. The van der Waals surface area contributed by atoms with Crippen molar-refractivity contribution in [2.24, 2.45) is 0 Å². The maximum Gasteiger partial charge on any atom is 0.189 e. The molecule has 12 heavy (non-hydrogen) atoms. The van der Waals surface area contributed by atoms with Crippen molar-refractivity contribution < 1.29 is 0 Å². The summed E-state index contributed by atoms with van der Waals surface area (Å²) in [4.78, 5) is 12.3. The normalized spacial score (nSPS) is 10.3. The predicted molar refractivity (Wildman–Crippen MR) is 51.6 cm³/mol. The molecule has 60 valence electrons. The molecule has 2 rings (SSSR count). The van der Waals surface area contributed by atoms with Crippen molar-refractivity contribution in [3.05, 3.63) is 39.9 Å². The highest BCUT2D eigenvalue weighted by molar-refractivity contribution is 7.13. The van der Waals surface area contributed by atoms with Crippen molar-refractivity contribution in [2.45, 2.75) is 0 Å². The van der Waals surface area contributed by atoms with Crippen LogP contribution in [0.15, 0.2) is 34.4 Å². The molecule has 0 unspecified atom stereocenters. The van der Waals surface area contributed by atoms with E-state index in [-0.39, 0.29) is 5.43 Å². The summed E-state index contributed by atoms with van der Waals surface area (Å²) in [6.07, 6.45) is 0. The monoisotopic (exact) mass is 177 g/mol. The van der Waals surface area contributed by atoms with Crippen LogP contribution in [0.2, 0.25) is 0 Å². The third-order valence-corrected chi connectivity index (χ3v) is 2.59. The number of anilines is 1. The van der Waals surface area contributed by atoms with Crippen molar-refractivity contribution in [3.8, 4) is 10.4 Å². The van der Waals surface area contributed by atoms with E-state index >= 15 is 0 Å². The van der Waals surface area contributed by atoms with Gasteiger partial charge in [-0.1, -0.05) is 6.07 Å². The van der Waals surface area contributed by atoms with Gasteiger partial charge in [0.25, 0.3) is 0 Å². The molecule has 0 aromatic rings. The van der Waals surface area contributed by atoms with E-state index in [0.717, 1.165) is 4.88 Å². The number of hydrogen-bond donors (Lipinski definition) is 1. The second kappa shape index (κ2) is 2.60. The second-order valence-corrected chi connectivity index (χ2v) is 3.45. The summed E-state index contributed by atoms with van der Waals surface area (Å²) in [7, 11) is 0.